The number of methoxy groups -OCH3 is 1. The molecule has 0 saturated carbocycles. The van der Waals surface area contributed by atoms with Crippen LogP contribution < -0.4 is 15.6 Å². The number of nitrogen functional groups attached to an aromatic ring is 1. The number of halogens is 2. The van der Waals surface area contributed by atoms with Crippen molar-refractivity contribution in [1.82, 2.24) is 4.98 Å². The van der Waals surface area contributed by atoms with E-state index in [2.05, 4.69) is 9.72 Å². The molecule has 6 nitrogen and oxygen atoms in total. The topological polar surface area (TPSA) is 108 Å². The lowest BCUT2D eigenvalue weighted by Crippen LogP contribution is -2.16. The van der Waals surface area contributed by atoms with Crippen LogP contribution in [0.2, 0.25) is 0 Å². The number of rotatable bonds is 3. The highest BCUT2D eigenvalue weighted by Crippen LogP contribution is 2.31. The summed E-state index contributed by atoms with van der Waals surface area (Å²) in [5.41, 5.74) is 4.58. The molecule has 0 aliphatic heterocycles. The van der Waals surface area contributed by atoms with E-state index >= 15 is 0 Å². The summed E-state index contributed by atoms with van der Waals surface area (Å²) in [7, 11) is -3.08. The monoisotopic (exact) mass is 253 g/mol. The Morgan fingerprint density at radius 2 is 2.06 bits per heavy atom. The van der Waals surface area contributed by atoms with Crippen molar-refractivity contribution in [3.8, 4) is 5.88 Å². The molecule has 0 saturated heterocycles. The first-order valence-corrected chi connectivity index (χ1v) is 5.47. The van der Waals surface area contributed by atoms with Crippen molar-refractivity contribution >= 4 is 15.8 Å². The molecule has 0 atom stereocenters. The lowest BCUT2D eigenvalue weighted by molar-refractivity contribution is 0.145. The summed E-state index contributed by atoms with van der Waals surface area (Å²) >= 11 is 0. The van der Waals surface area contributed by atoms with E-state index in [1.165, 1.54) is 0 Å². The van der Waals surface area contributed by atoms with Gasteiger partial charge in [-0.3, -0.25) is 0 Å². The molecule has 90 valence electrons. The quantitative estimate of drug-likeness (QED) is 0.803. The van der Waals surface area contributed by atoms with Gasteiger partial charge in [-0.25, -0.2) is 22.3 Å². The van der Waals surface area contributed by atoms with Gasteiger partial charge in [0.05, 0.1) is 12.7 Å². The van der Waals surface area contributed by atoms with Crippen molar-refractivity contribution in [2.24, 2.45) is 5.14 Å². The predicted molar refractivity (Wildman–Crippen MR) is 51.5 cm³/mol. The summed E-state index contributed by atoms with van der Waals surface area (Å²) < 4.78 is 51.6. The third-order valence-electron chi connectivity index (χ3n) is 1.74. The summed E-state index contributed by atoms with van der Waals surface area (Å²) in [5, 5.41) is 4.78. The van der Waals surface area contributed by atoms with Crippen molar-refractivity contribution in [3.63, 3.8) is 0 Å². The highest BCUT2D eigenvalue weighted by molar-refractivity contribution is 7.89. The lowest BCUT2D eigenvalue weighted by Gasteiger charge is -2.10. The summed E-state index contributed by atoms with van der Waals surface area (Å²) in [4.78, 5) is 2.75. The summed E-state index contributed by atoms with van der Waals surface area (Å²) in [5.74, 6) is -0.913. The van der Waals surface area contributed by atoms with Gasteiger partial charge in [0.1, 0.15) is 10.7 Å². The number of ether oxygens (including phenoxy) is 1. The molecule has 0 aromatic carbocycles. The molecule has 0 aliphatic rings. The number of anilines is 1. The molecule has 0 amide bonds. The number of aromatic nitrogens is 1. The van der Waals surface area contributed by atoms with E-state index < -0.39 is 38.6 Å². The Hall–Kier alpha value is -1.48. The predicted octanol–water partition coefficient (Wildman–Crippen LogP) is 0.257. The number of sulfonamides is 1. The molecule has 1 aromatic heterocycles. The molecule has 0 spiro atoms. The van der Waals surface area contributed by atoms with Crippen molar-refractivity contribution in [2.75, 3.05) is 12.8 Å². The van der Waals surface area contributed by atoms with Crippen LogP contribution in [-0.4, -0.2) is 20.5 Å². The van der Waals surface area contributed by atoms with E-state index in [0.717, 1.165) is 7.11 Å². The zero-order valence-electron chi connectivity index (χ0n) is 8.15. The van der Waals surface area contributed by atoms with E-state index in [9.17, 15) is 17.2 Å². The van der Waals surface area contributed by atoms with Crippen LogP contribution in [0.4, 0.5) is 14.6 Å². The van der Waals surface area contributed by atoms with E-state index in [-0.39, 0.29) is 0 Å². The van der Waals surface area contributed by atoms with Crippen molar-refractivity contribution in [1.29, 1.82) is 0 Å². The average Bonchev–Trinajstić information content (AvgIpc) is 2.14. The minimum Gasteiger partial charge on any atom is -0.481 e. The van der Waals surface area contributed by atoms with Crippen LogP contribution in [0.25, 0.3) is 0 Å². The van der Waals surface area contributed by atoms with Gasteiger partial charge in [-0.15, -0.1) is 0 Å². The molecule has 1 heterocycles. The van der Waals surface area contributed by atoms with E-state index in [0.29, 0.717) is 6.07 Å². The molecule has 0 fully saturated rings. The van der Waals surface area contributed by atoms with Crippen LogP contribution >= 0.6 is 0 Å². The number of nitrogens with zero attached hydrogens (tertiary/aromatic N) is 1. The lowest BCUT2D eigenvalue weighted by atomic mass is 10.3. The van der Waals surface area contributed by atoms with Crippen LogP contribution in [0.1, 0.15) is 12.0 Å². The summed E-state index contributed by atoms with van der Waals surface area (Å²) in [6.07, 6.45) is -2.94. The maximum absolute atomic E-state index is 12.5. The molecule has 1 aromatic rings. The maximum Gasteiger partial charge on any atom is 0.269 e. The molecular formula is C7H9F2N3O3S. The minimum atomic E-state index is -4.19. The molecule has 16 heavy (non-hydrogen) atoms. The first kappa shape index (κ1) is 12.6. The molecule has 0 unspecified atom stereocenters. The van der Waals surface area contributed by atoms with E-state index in [1.807, 2.05) is 0 Å². The van der Waals surface area contributed by atoms with Gasteiger partial charge in [0.25, 0.3) is 6.43 Å². The molecule has 1 rings (SSSR count). The second-order valence-electron chi connectivity index (χ2n) is 2.82. The van der Waals surface area contributed by atoms with Crippen molar-refractivity contribution in [2.45, 2.75) is 11.3 Å². The number of pyridine rings is 1. The standard InChI is InChI=1S/C7H9F2N3O3S/c1-15-7-3(5(8)9)2-4(6(10)12-7)16(11,13)14/h2,5H,1H3,(H2,10,12)(H2,11,13,14). The fourth-order valence-corrected chi connectivity index (χ4v) is 1.68. The zero-order chi connectivity index (χ0) is 12.5. The first-order chi connectivity index (χ1) is 7.27. The van der Waals surface area contributed by atoms with Crippen LogP contribution in [0.15, 0.2) is 11.0 Å². The second-order valence-corrected chi connectivity index (χ2v) is 4.35. The van der Waals surface area contributed by atoms with Gasteiger partial charge in [0.15, 0.2) is 0 Å². The summed E-state index contributed by atoms with van der Waals surface area (Å²) in [6, 6.07) is 0.654. The Kier molecular flexibility index (Phi) is 3.29. The van der Waals surface area contributed by atoms with E-state index in [1.54, 1.807) is 0 Å². The Morgan fingerprint density at radius 3 is 2.44 bits per heavy atom. The number of hydrogen-bond acceptors (Lipinski definition) is 5. The zero-order valence-corrected chi connectivity index (χ0v) is 8.96. The fraction of sp³-hybridized carbons (Fsp3) is 0.286. The molecule has 0 aliphatic carbocycles. The third-order valence-corrected chi connectivity index (χ3v) is 2.68. The van der Waals surface area contributed by atoms with Gasteiger partial charge < -0.3 is 10.5 Å². The smallest absolute Gasteiger partial charge is 0.269 e. The minimum absolute atomic E-state index is 0.431. The van der Waals surface area contributed by atoms with Gasteiger partial charge in [0, 0.05) is 0 Å². The Balaban J connectivity index is 3.52. The molecule has 4 N–H and O–H groups in total. The van der Waals surface area contributed by atoms with Crippen LogP contribution in [0.3, 0.4) is 0 Å². The largest absolute Gasteiger partial charge is 0.481 e. The maximum atomic E-state index is 12.5. The summed E-state index contributed by atoms with van der Waals surface area (Å²) in [6.45, 7) is 0. The van der Waals surface area contributed by atoms with E-state index in [4.69, 9.17) is 10.9 Å². The van der Waals surface area contributed by atoms with Crippen LogP contribution in [0.5, 0.6) is 5.88 Å². The Morgan fingerprint density at radius 1 is 1.50 bits per heavy atom. The Bertz CT molecular complexity index is 504. The molecule has 0 radical (unpaired) electrons. The van der Waals surface area contributed by atoms with Gasteiger partial charge in [-0.05, 0) is 6.07 Å². The number of hydrogen-bond donors (Lipinski definition) is 2. The SMILES string of the molecule is COc1nc(N)c(S(N)(=O)=O)cc1C(F)F. The molecule has 0 bridgehead atoms. The number of nitrogens with two attached hydrogens (primary N) is 2. The highest BCUT2D eigenvalue weighted by atomic mass is 32.2. The number of primary sulfonamides is 1. The van der Waals surface area contributed by atoms with Gasteiger partial charge in [-0.2, -0.15) is 4.98 Å². The van der Waals surface area contributed by atoms with Gasteiger partial charge >= 0.3 is 0 Å². The second kappa shape index (κ2) is 4.18. The van der Waals surface area contributed by atoms with Crippen LogP contribution in [-0.2, 0) is 10.0 Å². The first-order valence-electron chi connectivity index (χ1n) is 3.92. The number of alkyl halides is 2. The van der Waals surface area contributed by atoms with Crippen molar-refractivity contribution < 1.29 is 21.9 Å². The average molecular weight is 253 g/mol. The third kappa shape index (κ3) is 2.36. The fourth-order valence-electron chi connectivity index (χ4n) is 1.05. The van der Waals surface area contributed by atoms with Crippen molar-refractivity contribution in [3.05, 3.63) is 11.6 Å². The molecular weight excluding hydrogens is 244 g/mol. The normalized spacial score (nSPS) is 11.8. The Labute approximate surface area is 90.3 Å². The van der Waals surface area contributed by atoms with Crippen LogP contribution in [0, 0.1) is 0 Å². The highest BCUT2D eigenvalue weighted by Gasteiger charge is 2.22. The van der Waals surface area contributed by atoms with Gasteiger partial charge in [0.2, 0.25) is 15.9 Å². The van der Waals surface area contributed by atoms with Gasteiger partial charge in [-0.1, -0.05) is 0 Å². The molecule has 9 heteroatoms.